The highest BCUT2D eigenvalue weighted by molar-refractivity contribution is 6.55. The first-order chi connectivity index (χ1) is 10.3. The van der Waals surface area contributed by atoms with Gasteiger partial charge in [0.2, 0.25) is 0 Å². The Labute approximate surface area is 129 Å². The molecule has 1 aliphatic rings. The zero-order valence-electron chi connectivity index (χ0n) is 13.1. The predicted octanol–water partition coefficient (Wildman–Crippen LogP) is 4.23. The third kappa shape index (κ3) is 2.42. The molecule has 3 rings (SSSR count). The molecule has 6 heteroatoms. The van der Waals surface area contributed by atoms with E-state index in [1.54, 1.807) is 18.2 Å². The minimum Gasteiger partial charge on any atom is -0.472 e. The zero-order chi connectivity index (χ0) is 16.0. The van der Waals surface area contributed by atoms with E-state index in [4.69, 9.17) is 18.1 Å². The molecular formula is C16H18BFO4. The molecule has 116 valence electrons. The van der Waals surface area contributed by atoms with Crippen molar-refractivity contribution in [1.82, 2.24) is 0 Å². The Morgan fingerprint density at radius 3 is 2.23 bits per heavy atom. The highest BCUT2D eigenvalue weighted by Gasteiger charge is 2.53. The number of furan rings is 2. The lowest BCUT2D eigenvalue weighted by atomic mass is 9.82. The Balaban J connectivity index is 2.05. The maximum atomic E-state index is 15.1. The van der Waals surface area contributed by atoms with Crippen molar-refractivity contribution < 1.29 is 22.5 Å². The van der Waals surface area contributed by atoms with Gasteiger partial charge in [0.1, 0.15) is 11.5 Å². The summed E-state index contributed by atoms with van der Waals surface area (Å²) in [5, 5.41) is 0. The van der Waals surface area contributed by atoms with Gasteiger partial charge in [0.05, 0.1) is 35.6 Å². The van der Waals surface area contributed by atoms with E-state index in [1.165, 1.54) is 18.8 Å². The SMILES string of the molecule is CC1(C)OB(C(F)=C(c2ccoc2)c2ccco2)OC1(C)C. The van der Waals surface area contributed by atoms with Crippen LogP contribution in [-0.2, 0) is 9.31 Å². The van der Waals surface area contributed by atoms with E-state index >= 15 is 4.39 Å². The molecule has 4 nitrogen and oxygen atoms in total. The molecule has 0 unspecified atom stereocenters. The molecule has 0 aliphatic carbocycles. The van der Waals surface area contributed by atoms with Crippen LogP contribution in [0.2, 0.25) is 0 Å². The second-order valence-electron chi connectivity index (χ2n) is 6.30. The van der Waals surface area contributed by atoms with Gasteiger partial charge in [-0.3, -0.25) is 0 Å². The maximum Gasteiger partial charge on any atom is 0.526 e. The summed E-state index contributed by atoms with van der Waals surface area (Å²) in [5.41, 5.74) is -0.909. The summed E-state index contributed by atoms with van der Waals surface area (Å²) < 4.78 is 37.1. The van der Waals surface area contributed by atoms with Gasteiger partial charge in [-0.05, 0) is 45.9 Å². The second-order valence-corrected chi connectivity index (χ2v) is 6.30. The predicted molar refractivity (Wildman–Crippen MR) is 80.6 cm³/mol. The molecule has 0 spiro atoms. The monoisotopic (exact) mass is 304 g/mol. The quantitative estimate of drug-likeness (QED) is 0.796. The highest BCUT2D eigenvalue weighted by Crippen LogP contribution is 2.41. The molecule has 2 aromatic heterocycles. The van der Waals surface area contributed by atoms with Crippen LogP contribution >= 0.6 is 0 Å². The van der Waals surface area contributed by atoms with Crippen LogP contribution in [0.25, 0.3) is 5.57 Å². The molecule has 0 bridgehead atoms. The van der Waals surface area contributed by atoms with Crippen molar-refractivity contribution in [3.63, 3.8) is 0 Å². The number of hydrogen-bond acceptors (Lipinski definition) is 4. The van der Waals surface area contributed by atoms with Gasteiger partial charge in [-0.1, -0.05) is 0 Å². The third-order valence-electron chi connectivity index (χ3n) is 4.28. The van der Waals surface area contributed by atoms with Gasteiger partial charge in [-0.2, -0.15) is 0 Å². The average Bonchev–Trinajstić information content (AvgIpc) is 3.13. The van der Waals surface area contributed by atoms with Crippen molar-refractivity contribution >= 4 is 12.7 Å². The van der Waals surface area contributed by atoms with E-state index in [0.29, 0.717) is 11.3 Å². The lowest BCUT2D eigenvalue weighted by Gasteiger charge is -2.32. The molecule has 22 heavy (non-hydrogen) atoms. The number of hydrogen-bond donors (Lipinski definition) is 0. The van der Waals surface area contributed by atoms with Crippen LogP contribution in [0.3, 0.4) is 0 Å². The van der Waals surface area contributed by atoms with Crippen molar-refractivity contribution in [2.45, 2.75) is 38.9 Å². The minimum atomic E-state index is -1.08. The van der Waals surface area contributed by atoms with Crippen molar-refractivity contribution in [2.75, 3.05) is 0 Å². The molecule has 0 amide bonds. The average molecular weight is 304 g/mol. The molecule has 2 aromatic rings. The van der Waals surface area contributed by atoms with Gasteiger partial charge in [0.25, 0.3) is 0 Å². The molecular weight excluding hydrogens is 286 g/mol. The van der Waals surface area contributed by atoms with Crippen LogP contribution in [0.4, 0.5) is 4.39 Å². The van der Waals surface area contributed by atoms with Crippen LogP contribution in [0.1, 0.15) is 39.0 Å². The summed E-state index contributed by atoms with van der Waals surface area (Å²) in [4.78, 5) is 0. The first-order valence-electron chi connectivity index (χ1n) is 7.13. The van der Waals surface area contributed by atoms with Crippen LogP contribution in [0.15, 0.2) is 51.5 Å². The number of halogens is 1. The van der Waals surface area contributed by atoms with E-state index in [2.05, 4.69) is 0 Å². The molecule has 0 atom stereocenters. The molecule has 1 fully saturated rings. The normalized spacial score (nSPS) is 21.0. The Morgan fingerprint density at radius 1 is 1.05 bits per heavy atom. The van der Waals surface area contributed by atoms with Crippen LogP contribution < -0.4 is 0 Å². The molecule has 1 saturated heterocycles. The van der Waals surface area contributed by atoms with Crippen LogP contribution in [-0.4, -0.2) is 18.3 Å². The first kappa shape index (κ1) is 15.1. The van der Waals surface area contributed by atoms with E-state index in [0.717, 1.165) is 0 Å². The van der Waals surface area contributed by atoms with E-state index in [1.807, 2.05) is 27.7 Å². The fourth-order valence-electron chi connectivity index (χ4n) is 2.29. The second kappa shape index (κ2) is 5.14. The fourth-order valence-corrected chi connectivity index (χ4v) is 2.29. The Kier molecular flexibility index (Phi) is 3.53. The maximum absolute atomic E-state index is 15.1. The van der Waals surface area contributed by atoms with Gasteiger partial charge < -0.3 is 18.1 Å². The summed E-state index contributed by atoms with van der Waals surface area (Å²) in [6.45, 7) is 7.52. The topological polar surface area (TPSA) is 44.7 Å². The Morgan fingerprint density at radius 2 is 1.73 bits per heavy atom. The fraction of sp³-hybridized carbons (Fsp3) is 0.375. The van der Waals surface area contributed by atoms with Gasteiger partial charge in [0.15, 0.2) is 0 Å². The molecule has 0 N–H and O–H groups in total. The minimum absolute atomic E-state index is 0.275. The molecule has 0 aromatic carbocycles. The van der Waals surface area contributed by atoms with E-state index in [-0.39, 0.29) is 5.57 Å². The summed E-state index contributed by atoms with van der Waals surface area (Å²) in [6, 6.07) is 5.06. The summed E-state index contributed by atoms with van der Waals surface area (Å²) in [6.07, 6.45) is 4.44. The third-order valence-corrected chi connectivity index (χ3v) is 4.28. The van der Waals surface area contributed by atoms with Gasteiger partial charge in [-0.15, -0.1) is 0 Å². The summed E-state index contributed by atoms with van der Waals surface area (Å²) in [5.74, 6) is 0.397. The van der Waals surface area contributed by atoms with Crippen LogP contribution in [0.5, 0.6) is 0 Å². The van der Waals surface area contributed by atoms with Gasteiger partial charge in [-0.25, -0.2) is 4.39 Å². The molecule has 0 radical (unpaired) electrons. The highest BCUT2D eigenvalue weighted by atomic mass is 19.1. The van der Waals surface area contributed by atoms with Gasteiger partial charge >= 0.3 is 7.12 Å². The van der Waals surface area contributed by atoms with Crippen LogP contribution in [0, 0.1) is 0 Å². The smallest absolute Gasteiger partial charge is 0.472 e. The van der Waals surface area contributed by atoms with Crippen molar-refractivity contribution in [3.8, 4) is 0 Å². The molecule has 3 heterocycles. The Bertz CT molecular complexity index is 619. The van der Waals surface area contributed by atoms with E-state index in [9.17, 15) is 0 Å². The summed E-state index contributed by atoms with van der Waals surface area (Å²) >= 11 is 0. The summed E-state index contributed by atoms with van der Waals surface area (Å²) in [7, 11) is -1.08. The van der Waals surface area contributed by atoms with Gasteiger partial charge in [0, 0.05) is 5.56 Å². The van der Waals surface area contributed by atoms with Crippen molar-refractivity contribution in [1.29, 1.82) is 0 Å². The molecule has 0 saturated carbocycles. The number of rotatable bonds is 3. The lowest BCUT2D eigenvalue weighted by Crippen LogP contribution is -2.41. The first-order valence-corrected chi connectivity index (χ1v) is 7.13. The largest absolute Gasteiger partial charge is 0.526 e. The zero-order valence-corrected chi connectivity index (χ0v) is 13.1. The molecule has 1 aliphatic heterocycles. The Hall–Kier alpha value is -1.79. The van der Waals surface area contributed by atoms with Crippen molar-refractivity contribution in [3.05, 3.63) is 54.0 Å². The van der Waals surface area contributed by atoms with Crippen molar-refractivity contribution in [2.24, 2.45) is 0 Å². The standard InChI is InChI=1S/C16H18BFO4/c1-15(2)16(3,4)22-17(21-15)14(18)13(11-7-9-19-10-11)12-6-5-8-20-12/h5-10H,1-4H3. The van der Waals surface area contributed by atoms with E-state index < -0.39 is 24.0 Å². The lowest BCUT2D eigenvalue weighted by molar-refractivity contribution is 0.00578.